The zero-order valence-corrected chi connectivity index (χ0v) is 14.5. The number of esters is 1. The molecule has 0 atom stereocenters. The van der Waals surface area contributed by atoms with E-state index in [1.807, 2.05) is 36.5 Å². The van der Waals surface area contributed by atoms with Crippen LogP contribution in [0.1, 0.15) is 17.3 Å². The topological polar surface area (TPSA) is 87.2 Å². The van der Waals surface area contributed by atoms with Gasteiger partial charge in [-0.3, -0.25) is 0 Å². The summed E-state index contributed by atoms with van der Waals surface area (Å²) < 4.78 is 11.7. The maximum atomic E-state index is 12.0. The highest BCUT2D eigenvalue weighted by atomic mass is 16.5. The summed E-state index contributed by atoms with van der Waals surface area (Å²) in [6, 6.07) is 16.4. The van der Waals surface area contributed by atoms with Gasteiger partial charge in [0.05, 0.1) is 18.5 Å². The maximum Gasteiger partial charge on any atom is 0.351 e. The van der Waals surface area contributed by atoms with E-state index in [1.54, 1.807) is 29.8 Å². The lowest BCUT2D eigenvalue weighted by molar-refractivity contribution is 0.0522. The third-order valence-electron chi connectivity index (χ3n) is 4.04. The molecule has 0 saturated heterocycles. The SMILES string of the molecule is CCOC(=O)c1cc2cc(-n3cc(-c4ccccc4)nn3)ccc2oc1=O. The van der Waals surface area contributed by atoms with Crippen LogP contribution in [0.5, 0.6) is 0 Å². The molecule has 7 heteroatoms. The van der Waals surface area contributed by atoms with Gasteiger partial charge < -0.3 is 9.15 Å². The molecule has 2 aromatic heterocycles. The quantitative estimate of drug-likeness (QED) is 0.410. The van der Waals surface area contributed by atoms with Crippen molar-refractivity contribution in [2.24, 2.45) is 0 Å². The fraction of sp³-hybridized carbons (Fsp3) is 0.100. The van der Waals surface area contributed by atoms with E-state index in [2.05, 4.69) is 10.3 Å². The monoisotopic (exact) mass is 361 g/mol. The molecule has 2 aromatic carbocycles. The van der Waals surface area contributed by atoms with Gasteiger partial charge in [-0.2, -0.15) is 0 Å². The van der Waals surface area contributed by atoms with Gasteiger partial charge >= 0.3 is 11.6 Å². The number of carbonyl (C=O) groups excluding carboxylic acids is 1. The van der Waals surface area contributed by atoms with Gasteiger partial charge in [0.15, 0.2) is 0 Å². The van der Waals surface area contributed by atoms with Crippen LogP contribution in [-0.4, -0.2) is 27.6 Å². The summed E-state index contributed by atoms with van der Waals surface area (Å²) in [5, 5.41) is 8.94. The average Bonchev–Trinajstić information content (AvgIpc) is 3.18. The second-order valence-electron chi connectivity index (χ2n) is 5.80. The van der Waals surface area contributed by atoms with Crippen LogP contribution >= 0.6 is 0 Å². The Balaban J connectivity index is 1.75. The van der Waals surface area contributed by atoms with Crippen molar-refractivity contribution in [3.8, 4) is 16.9 Å². The number of hydrogen-bond donors (Lipinski definition) is 0. The van der Waals surface area contributed by atoms with Gasteiger partial charge in [0.25, 0.3) is 0 Å². The lowest BCUT2D eigenvalue weighted by Gasteiger charge is -2.04. The van der Waals surface area contributed by atoms with Crippen molar-refractivity contribution in [2.75, 3.05) is 6.61 Å². The molecule has 0 spiro atoms. The highest BCUT2D eigenvalue weighted by molar-refractivity contribution is 5.93. The van der Waals surface area contributed by atoms with Crippen LogP contribution in [0.3, 0.4) is 0 Å². The van der Waals surface area contributed by atoms with E-state index in [9.17, 15) is 9.59 Å². The number of nitrogens with zero attached hydrogens (tertiary/aromatic N) is 3. The van der Waals surface area contributed by atoms with Crippen molar-refractivity contribution in [3.05, 3.63) is 76.8 Å². The van der Waals surface area contributed by atoms with Crippen LogP contribution in [0.25, 0.3) is 27.9 Å². The largest absolute Gasteiger partial charge is 0.462 e. The molecule has 0 fully saturated rings. The summed E-state index contributed by atoms with van der Waals surface area (Å²) in [7, 11) is 0. The first-order valence-electron chi connectivity index (χ1n) is 8.39. The van der Waals surface area contributed by atoms with Gasteiger partial charge in [-0.25, -0.2) is 14.3 Å². The molecule has 0 amide bonds. The Kier molecular flexibility index (Phi) is 4.25. The second kappa shape index (κ2) is 6.87. The molecule has 2 heterocycles. The fourth-order valence-electron chi connectivity index (χ4n) is 2.74. The van der Waals surface area contributed by atoms with Crippen molar-refractivity contribution in [2.45, 2.75) is 6.92 Å². The number of aromatic nitrogens is 3. The van der Waals surface area contributed by atoms with Gasteiger partial charge in [-0.1, -0.05) is 35.5 Å². The molecule has 4 rings (SSSR count). The summed E-state index contributed by atoms with van der Waals surface area (Å²) in [5.41, 5.74) is 1.94. The third-order valence-corrected chi connectivity index (χ3v) is 4.04. The Morgan fingerprint density at radius 3 is 2.74 bits per heavy atom. The Morgan fingerprint density at radius 2 is 1.96 bits per heavy atom. The van der Waals surface area contributed by atoms with E-state index in [1.165, 1.54) is 6.07 Å². The molecule has 0 aliphatic rings. The lowest BCUT2D eigenvalue weighted by atomic mass is 10.1. The summed E-state index contributed by atoms with van der Waals surface area (Å²) >= 11 is 0. The molecule has 0 unspecified atom stereocenters. The first-order chi connectivity index (χ1) is 13.2. The van der Waals surface area contributed by atoms with E-state index in [0.29, 0.717) is 11.0 Å². The van der Waals surface area contributed by atoms with Crippen LogP contribution in [0.2, 0.25) is 0 Å². The molecule has 0 bridgehead atoms. The normalized spacial score (nSPS) is 10.9. The minimum Gasteiger partial charge on any atom is -0.462 e. The highest BCUT2D eigenvalue weighted by Crippen LogP contribution is 2.21. The minimum atomic E-state index is -0.721. The average molecular weight is 361 g/mol. The molecule has 0 aliphatic heterocycles. The zero-order chi connectivity index (χ0) is 18.8. The predicted molar refractivity (Wildman–Crippen MR) is 98.8 cm³/mol. The molecule has 7 nitrogen and oxygen atoms in total. The van der Waals surface area contributed by atoms with Crippen LogP contribution in [0.4, 0.5) is 0 Å². The fourth-order valence-corrected chi connectivity index (χ4v) is 2.74. The second-order valence-corrected chi connectivity index (χ2v) is 5.80. The number of fused-ring (bicyclic) bond motifs is 1. The van der Waals surface area contributed by atoms with Crippen molar-refractivity contribution in [1.29, 1.82) is 0 Å². The summed E-state index contributed by atoms with van der Waals surface area (Å²) in [6.45, 7) is 1.85. The Morgan fingerprint density at radius 1 is 1.15 bits per heavy atom. The molecular weight excluding hydrogens is 346 g/mol. The first-order valence-corrected chi connectivity index (χ1v) is 8.39. The van der Waals surface area contributed by atoms with Crippen LogP contribution in [0, 0.1) is 0 Å². The summed E-state index contributed by atoms with van der Waals surface area (Å²) in [6.07, 6.45) is 1.81. The predicted octanol–water partition coefficient (Wildman–Crippen LogP) is 3.22. The highest BCUT2D eigenvalue weighted by Gasteiger charge is 2.15. The lowest BCUT2D eigenvalue weighted by Crippen LogP contribution is -2.16. The molecule has 134 valence electrons. The van der Waals surface area contributed by atoms with Crippen LogP contribution in [0.15, 0.2) is 70.0 Å². The molecule has 0 aliphatic carbocycles. The van der Waals surface area contributed by atoms with Crippen molar-refractivity contribution < 1.29 is 13.9 Å². The van der Waals surface area contributed by atoms with Crippen LogP contribution in [-0.2, 0) is 4.74 Å². The van der Waals surface area contributed by atoms with Crippen molar-refractivity contribution >= 4 is 16.9 Å². The molecule has 4 aromatic rings. The number of carbonyl (C=O) groups is 1. The first kappa shape index (κ1) is 16.7. The van der Waals surface area contributed by atoms with Gasteiger partial charge in [0.1, 0.15) is 16.8 Å². The van der Waals surface area contributed by atoms with E-state index in [-0.39, 0.29) is 12.2 Å². The Labute approximate surface area is 153 Å². The van der Waals surface area contributed by atoms with Crippen molar-refractivity contribution in [1.82, 2.24) is 15.0 Å². The summed E-state index contributed by atoms with van der Waals surface area (Å²) in [4.78, 5) is 23.9. The standard InChI is InChI=1S/C20H15N3O4/c1-2-26-19(24)16-11-14-10-15(8-9-18(14)27-20(16)25)23-12-17(21-22-23)13-6-4-3-5-7-13/h3-12H,2H2,1H3. The molecule has 0 N–H and O–H groups in total. The molecular formula is C20H15N3O4. The van der Waals surface area contributed by atoms with Gasteiger partial charge in [0, 0.05) is 10.9 Å². The van der Waals surface area contributed by atoms with E-state index >= 15 is 0 Å². The Bertz CT molecular complexity index is 1180. The summed E-state index contributed by atoms with van der Waals surface area (Å²) in [5.74, 6) is -0.703. The van der Waals surface area contributed by atoms with Gasteiger partial charge in [0.2, 0.25) is 0 Å². The van der Waals surface area contributed by atoms with Gasteiger partial charge in [-0.15, -0.1) is 5.10 Å². The number of ether oxygens (including phenoxy) is 1. The van der Waals surface area contributed by atoms with Gasteiger partial charge in [-0.05, 0) is 31.2 Å². The smallest absolute Gasteiger partial charge is 0.351 e. The minimum absolute atomic E-state index is 0.134. The third kappa shape index (κ3) is 3.22. The number of hydrogen-bond acceptors (Lipinski definition) is 6. The molecule has 27 heavy (non-hydrogen) atoms. The van der Waals surface area contributed by atoms with Crippen LogP contribution < -0.4 is 5.63 Å². The number of benzene rings is 2. The Hall–Kier alpha value is -3.74. The zero-order valence-electron chi connectivity index (χ0n) is 14.5. The van der Waals surface area contributed by atoms with E-state index in [4.69, 9.17) is 9.15 Å². The number of rotatable bonds is 4. The molecule has 0 saturated carbocycles. The van der Waals surface area contributed by atoms with E-state index < -0.39 is 11.6 Å². The maximum absolute atomic E-state index is 12.0. The molecule has 0 radical (unpaired) electrons. The van der Waals surface area contributed by atoms with E-state index in [0.717, 1.165) is 16.9 Å². The van der Waals surface area contributed by atoms with Crippen molar-refractivity contribution in [3.63, 3.8) is 0 Å².